The number of halogens is 4. The van der Waals surface area contributed by atoms with Crippen LogP contribution in [0.5, 0.6) is 0 Å². The number of likely N-dealkylation sites (tertiary alicyclic amines) is 1. The highest BCUT2D eigenvalue weighted by atomic mass is 35.5. The van der Waals surface area contributed by atoms with E-state index in [4.69, 9.17) is 11.6 Å². The third-order valence-electron chi connectivity index (χ3n) is 21.6. The molecule has 98 heavy (non-hydrogen) atoms. The molecule has 6 aliphatic rings. The van der Waals surface area contributed by atoms with Gasteiger partial charge in [0.15, 0.2) is 0 Å². The van der Waals surface area contributed by atoms with E-state index >= 15 is 14.4 Å². The molecule has 0 unspecified atom stereocenters. The van der Waals surface area contributed by atoms with Gasteiger partial charge in [-0.15, -0.1) is 0 Å². The monoisotopic (exact) mass is 1400 g/mol. The van der Waals surface area contributed by atoms with E-state index in [1.54, 1.807) is 32.6 Å². The lowest BCUT2D eigenvalue weighted by Gasteiger charge is -2.45. The number of rotatable bonds is 10. The molecule has 1 aromatic rings. The fraction of sp³-hybridized carbons (Fsp3) is 0.739. The number of alkyl halides is 3. The molecule has 1 aromatic carbocycles. The van der Waals surface area contributed by atoms with Crippen molar-refractivity contribution in [3.63, 3.8) is 0 Å². The van der Waals surface area contributed by atoms with Crippen molar-refractivity contribution in [3.05, 3.63) is 34.3 Å². The number of hydrogen-bond acceptors (Lipinski definition) is 13. The first-order valence-corrected chi connectivity index (χ1v) is 35.4. The largest absolute Gasteiger partial charge is 0.417 e. The molecule has 546 valence electrons. The summed E-state index contributed by atoms with van der Waals surface area (Å²) in [6.07, 6.45) is 3.17. The zero-order valence-electron chi connectivity index (χ0n) is 58.9. The molecule has 4 N–H and O–H groups in total. The van der Waals surface area contributed by atoms with Gasteiger partial charge in [-0.3, -0.25) is 57.5 Å². The number of hydrogen-bond donors (Lipinski definition) is 4. The summed E-state index contributed by atoms with van der Waals surface area (Å²) in [5.74, 6) is -9.61. The van der Waals surface area contributed by atoms with Gasteiger partial charge in [0.2, 0.25) is 70.9 Å². The minimum atomic E-state index is -4.76. The molecule has 4 aliphatic heterocycles. The van der Waals surface area contributed by atoms with Crippen LogP contribution >= 0.6 is 11.6 Å². The first-order valence-electron chi connectivity index (χ1n) is 35.1. The van der Waals surface area contributed by atoms with Crippen molar-refractivity contribution in [2.45, 2.75) is 229 Å². The second-order valence-corrected chi connectivity index (χ2v) is 28.9. The Morgan fingerprint density at radius 3 is 1.88 bits per heavy atom. The van der Waals surface area contributed by atoms with Crippen LogP contribution in [-0.4, -0.2) is 262 Å². The quantitative estimate of drug-likeness (QED) is 0.258. The fourth-order valence-corrected chi connectivity index (χ4v) is 15.3. The van der Waals surface area contributed by atoms with Gasteiger partial charge in [0.05, 0.1) is 30.2 Å². The molecule has 0 radical (unpaired) electrons. The van der Waals surface area contributed by atoms with Crippen LogP contribution in [0, 0.1) is 17.8 Å². The van der Waals surface area contributed by atoms with Crippen LogP contribution in [0.25, 0.3) is 0 Å². The lowest BCUT2D eigenvalue weighted by molar-refractivity contribution is -0.160. The van der Waals surface area contributed by atoms with E-state index in [-0.39, 0.29) is 64.0 Å². The summed E-state index contributed by atoms with van der Waals surface area (Å²) in [4.78, 5) is 189. The van der Waals surface area contributed by atoms with Gasteiger partial charge in [-0.05, 0) is 113 Å². The second-order valence-electron chi connectivity index (χ2n) is 28.5. The van der Waals surface area contributed by atoms with E-state index < -0.39 is 179 Å². The van der Waals surface area contributed by atoms with Crippen LogP contribution in [0.3, 0.4) is 0 Å². The van der Waals surface area contributed by atoms with Crippen LogP contribution < -0.4 is 16.0 Å². The Bertz CT molecular complexity index is 3100. The van der Waals surface area contributed by atoms with E-state index in [9.17, 15) is 61.4 Å². The van der Waals surface area contributed by atoms with Gasteiger partial charge >= 0.3 is 6.18 Å². The van der Waals surface area contributed by atoms with E-state index in [1.165, 1.54) is 74.9 Å². The number of aliphatic hydroxyl groups excluding tert-OH is 1. The first kappa shape index (κ1) is 78.2. The third-order valence-corrected chi connectivity index (χ3v) is 22.0. The van der Waals surface area contributed by atoms with Crippen molar-refractivity contribution >= 4 is 82.5 Å². The summed E-state index contributed by atoms with van der Waals surface area (Å²) >= 11 is 6.14. The number of aliphatic hydroxyl groups is 1. The Balaban J connectivity index is 1.27. The SMILES string of the molecule is CC[C@H](C)[C@@H]1NC(=O)[C@H](CO)N(C)C(=O)C[C@@H](C(=O)N2CCCCC2)N(C)C(=O)[C@H](C(C)C)N(C)C(=O)C2(CCCC2)NC(=O)[C@@H]2CCCN2C(=O)[C@H](CCc2ccc(C(F)(F)F)c(Cl)c2)NC(=O)CN(C)C(=O)[C@H](CC2CCCCC2)N(C)C(=O)[C@@H]2CCN2C(=O)[C@H](C)N(C)C1=O. The molecule has 29 heteroatoms. The fourth-order valence-electron chi connectivity index (χ4n) is 15.0. The van der Waals surface area contributed by atoms with Crippen molar-refractivity contribution < 1.29 is 75.8 Å². The lowest BCUT2D eigenvalue weighted by Crippen LogP contribution is -2.65. The summed E-state index contributed by atoms with van der Waals surface area (Å²) < 4.78 is 41.6. The standard InChI is InChI=1S/C69H104ClF3N12O13/c1-12-42(4)56-65(96)78(7)43(5)60(91)85-35-29-50(85)63(94)80(9)51(37-44-22-15-13-16-23-44)62(93)77(6)39-54(87)74-48(28-26-45-25-27-46(47(70)36-45)69(71,72)73)61(92)84-34-21-24-49(84)59(90)76-68(30-17-18-31-68)67(98)82(11)57(41(2)3)66(97)81(10)52(64(95)83-32-19-14-20-33-83)38-55(88)79(8)53(40-86)58(89)75-56/h25,27,36,41-44,48-53,56-57,86H,12-24,26,28-35,37-40H2,1-11H3,(H,74,87)(H,75,89)(H,76,90)/t42-,43-,48-,49-,50-,51-,52-,53-,56-,57-/m0/s1. The maximum Gasteiger partial charge on any atom is 0.417 e. The highest BCUT2D eigenvalue weighted by Crippen LogP contribution is 2.37. The highest BCUT2D eigenvalue weighted by Gasteiger charge is 2.51. The zero-order chi connectivity index (χ0) is 72.4. The number of nitrogens with zero attached hydrogens (tertiary/aromatic N) is 9. The van der Waals surface area contributed by atoms with E-state index in [1.807, 2.05) is 0 Å². The van der Waals surface area contributed by atoms with Gasteiger partial charge in [0, 0.05) is 68.5 Å². The maximum atomic E-state index is 15.4. The van der Waals surface area contributed by atoms with Gasteiger partial charge in [0.1, 0.15) is 59.9 Å². The van der Waals surface area contributed by atoms with E-state index in [2.05, 4.69) is 16.0 Å². The van der Waals surface area contributed by atoms with Gasteiger partial charge in [-0.25, -0.2) is 0 Å². The molecule has 10 atom stereocenters. The predicted molar refractivity (Wildman–Crippen MR) is 357 cm³/mol. The number of likely N-dealkylation sites (N-methyl/N-ethyl adjacent to an activating group) is 6. The van der Waals surface area contributed by atoms with Crippen LogP contribution in [0.1, 0.15) is 168 Å². The molecule has 12 amide bonds. The van der Waals surface area contributed by atoms with Crippen LogP contribution in [0.2, 0.25) is 5.02 Å². The Morgan fingerprint density at radius 1 is 0.663 bits per heavy atom. The number of piperidine rings is 1. The summed E-state index contributed by atoms with van der Waals surface area (Å²) in [6.45, 7) is 7.60. The maximum absolute atomic E-state index is 15.4. The van der Waals surface area contributed by atoms with E-state index in [0.717, 1.165) is 70.3 Å². The Kier molecular flexibility index (Phi) is 27.0. The summed E-state index contributed by atoms with van der Waals surface area (Å²) in [6, 6.07) is -8.62. The number of aryl methyl sites for hydroxylation is 1. The van der Waals surface area contributed by atoms with Crippen molar-refractivity contribution in [2.75, 3.05) is 81.6 Å². The predicted octanol–water partition coefficient (Wildman–Crippen LogP) is 3.98. The molecular weight excluding hydrogens is 1300 g/mol. The molecule has 0 bridgehead atoms. The minimum Gasteiger partial charge on any atom is -0.394 e. The van der Waals surface area contributed by atoms with Crippen LogP contribution in [0.15, 0.2) is 18.2 Å². The topological polar surface area (TPSA) is 290 Å². The van der Waals surface area contributed by atoms with E-state index in [0.29, 0.717) is 57.2 Å². The molecular formula is C69H104ClF3N12O13. The molecule has 6 fully saturated rings. The molecule has 2 saturated carbocycles. The normalized spacial score (nSPS) is 28.1. The first-order chi connectivity index (χ1) is 46.2. The highest BCUT2D eigenvalue weighted by molar-refractivity contribution is 6.31. The van der Waals surface area contributed by atoms with Crippen molar-refractivity contribution in [2.24, 2.45) is 17.8 Å². The minimum absolute atomic E-state index is 0.0109. The van der Waals surface area contributed by atoms with Crippen LogP contribution in [-0.2, 0) is 70.1 Å². The molecule has 4 heterocycles. The average Bonchev–Trinajstić information content (AvgIpc) is 1.22. The second kappa shape index (κ2) is 33.8. The molecule has 7 rings (SSSR count). The molecule has 4 saturated heterocycles. The number of fused-ring (bicyclic) bond motifs is 2. The lowest BCUT2D eigenvalue weighted by atomic mass is 9.84. The Hall–Kier alpha value is -7.10. The number of carbonyl (C=O) groups is 12. The number of benzene rings is 1. The summed E-state index contributed by atoms with van der Waals surface area (Å²) in [7, 11) is 8.24. The van der Waals surface area contributed by atoms with Crippen molar-refractivity contribution in [1.29, 1.82) is 0 Å². The smallest absolute Gasteiger partial charge is 0.394 e. The van der Waals surface area contributed by atoms with Crippen molar-refractivity contribution in [1.82, 2.24) is 60.0 Å². The molecule has 25 nitrogen and oxygen atoms in total. The molecule has 0 aromatic heterocycles. The third kappa shape index (κ3) is 17.9. The van der Waals surface area contributed by atoms with Gasteiger partial charge in [0.25, 0.3) is 0 Å². The van der Waals surface area contributed by atoms with Gasteiger partial charge in [-0.2, -0.15) is 13.2 Å². The zero-order valence-corrected chi connectivity index (χ0v) is 59.7. The summed E-state index contributed by atoms with van der Waals surface area (Å²) in [5, 5.41) is 18.8. The number of amides is 12. The Morgan fingerprint density at radius 2 is 1.30 bits per heavy atom. The van der Waals surface area contributed by atoms with Crippen LogP contribution in [0.4, 0.5) is 13.2 Å². The molecule has 2 aliphatic carbocycles. The number of carbonyl (C=O) groups excluding carboxylic acids is 12. The Labute approximate surface area is 578 Å². The molecule has 1 spiro atoms. The van der Waals surface area contributed by atoms with Crippen molar-refractivity contribution in [3.8, 4) is 0 Å². The summed E-state index contributed by atoms with van der Waals surface area (Å²) in [5.41, 5.74) is -2.39. The van der Waals surface area contributed by atoms with Gasteiger partial charge < -0.3 is 65.2 Å². The van der Waals surface area contributed by atoms with Gasteiger partial charge in [-0.1, -0.05) is 96.7 Å². The number of nitrogens with one attached hydrogen (secondary N) is 3. The average molecular weight is 1400 g/mol.